The Balaban J connectivity index is 1.28. The van der Waals surface area contributed by atoms with Crippen LogP contribution in [-0.2, 0) is 14.4 Å². The van der Waals surface area contributed by atoms with Crippen molar-refractivity contribution in [1.82, 2.24) is 9.88 Å². The van der Waals surface area contributed by atoms with Crippen molar-refractivity contribution in [1.29, 1.82) is 0 Å². The molecule has 3 heterocycles. The summed E-state index contributed by atoms with van der Waals surface area (Å²) in [6, 6.07) is 6.66. The van der Waals surface area contributed by atoms with Crippen LogP contribution in [-0.4, -0.2) is 44.6 Å². The molecule has 2 aromatic rings. The molecule has 7 unspecified atom stereocenters. The molecule has 2 saturated carbocycles. The van der Waals surface area contributed by atoms with E-state index in [0.717, 1.165) is 21.9 Å². The second kappa shape index (κ2) is 8.81. The van der Waals surface area contributed by atoms with Gasteiger partial charge in [0.25, 0.3) is 0 Å². The van der Waals surface area contributed by atoms with Gasteiger partial charge in [0.1, 0.15) is 5.82 Å². The first-order valence-corrected chi connectivity index (χ1v) is 14.2. The molecule has 7 atom stereocenters. The molecule has 1 aromatic heterocycles. The highest BCUT2D eigenvalue weighted by Gasteiger charge is 2.69. The molecule has 3 fully saturated rings. The summed E-state index contributed by atoms with van der Waals surface area (Å²) in [5.41, 5.74) is 1.03. The number of halogens is 1. The predicted molar refractivity (Wildman–Crippen MR) is 132 cm³/mol. The molecule has 1 saturated heterocycles. The van der Waals surface area contributed by atoms with Crippen LogP contribution in [0.1, 0.15) is 48.5 Å². The Morgan fingerprint density at radius 1 is 1.11 bits per heavy atom. The lowest BCUT2D eigenvalue weighted by atomic mass is 9.68. The first-order chi connectivity index (χ1) is 16.8. The summed E-state index contributed by atoms with van der Waals surface area (Å²) in [4.78, 5) is 43.6. The summed E-state index contributed by atoms with van der Waals surface area (Å²) in [7, 11) is 0. The monoisotopic (exact) mass is 532 g/mol. The zero-order valence-electron chi connectivity index (χ0n) is 18.8. The number of fused-ring (bicyclic) bond motifs is 9. The van der Waals surface area contributed by atoms with Gasteiger partial charge in [-0.05, 0) is 66.9 Å². The lowest BCUT2D eigenvalue weighted by Gasteiger charge is -2.43. The third-order valence-electron chi connectivity index (χ3n) is 8.32. The number of carbonyl (C=O) groups is 3. The largest absolute Gasteiger partial charge is 0.481 e. The molecule has 0 spiro atoms. The van der Waals surface area contributed by atoms with Crippen LogP contribution in [0.4, 0.5) is 4.39 Å². The Hall–Kier alpha value is -2.04. The third-order valence-corrected chi connectivity index (χ3v) is 11.3. The van der Waals surface area contributed by atoms with Crippen LogP contribution in [0.3, 0.4) is 0 Å². The Labute approximate surface area is 215 Å². The minimum atomic E-state index is -0.825. The normalized spacial score (nSPS) is 32.6. The number of hydrogen-bond acceptors (Lipinski definition) is 6. The fourth-order valence-corrected chi connectivity index (χ4v) is 10.4. The lowest BCUT2D eigenvalue weighted by Crippen LogP contribution is -2.42. The van der Waals surface area contributed by atoms with E-state index < -0.39 is 5.97 Å². The lowest BCUT2D eigenvalue weighted by molar-refractivity contribution is -0.141. The highest BCUT2D eigenvalue weighted by molar-refractivity contribution is 8.00. The number of carbonyl (C=O) groups excluding carboxylic acids is 2. The van der Waals surface area contributed by atoms with Gasteiger partial charge in [-0.15, -0.1) is 23.1 Å². The van der Waals surface area contributed by atoms with Gasteiger partial charge in [0, 0.05) is 29.0 Å². The van der Waals surface area contributed by atoms with Gasteiger partial charge in [-0.1, -0.05) is 18.6 Å². The van der Waals surface area contributed by atoms with Gasteiger partial charge in [-0.25, -0.2) is 4.39 Å². The van der Waals surface area contributed by atoms with Gasteiger partial charge >= 0.3 is 5.97 Å². The highest BCUT2D eigenvalue weighted by Crippen LogP contribution is 2.68. The van der Waals surface area contributed by atoms with Crippen molar-refractivity contribution >= 4 is 53.1 Å². The molecule has 184 valence electrons. The Kier molecular flexibility index (Phi) is 5.88. The van der Waals surface area contributed by atoms with Crippen LogP contribution in [0.25, 0.3) is 0 Å². The molecule has 0 radical (unpaired) electrons. The number of nitrogens with zero attached hydrogens (tertiary/aromatic N) is 1. The van der Waals surface area contributed by atoms with Crippen molar-refractivity contribution < 1.29 is 23.9 Å². The molecule has 1 aromatic carbocycles. The summed E-state index contributed by atoms with van der Waals surface area (Å²) < 4.78 is 14.4. The zero-order chi connectivity index (χ0) is 24.4. The first-order valence-electron chi connectivity index (χ1n) is 12.1. The minimum Gasteiger partial charge on any atom is -0.481 e. The molecule has 35 heavy (non-hydrogen) atoms. The number of H-pyrrole nitrogens is 1. The summed E-state index contributed by atoms with van der Waals surface area (Å²) in [5, 5.41) is 10.1. The zero-order valence-corrected chi connectivity index (χ0v) is 21.3. The first kappa shape index (κ1) is 23.4. The Bertz CT molecular complexity index is 1260. The summed E-state index contributed by atoms with van der Waals surface area (Å²) in [5.74, 6) is -1.30. The number of thioether (sulfide) groups is 1. The van der Waals surface area contributed by atoms with Crippen molar-refractivity contribution in [2.24, 2.45) is 29.6 Å². The van der Waals surface area contributed by atoms with Crippen molar-refractivity contribution in [2.75, 3.05) is 6.54 Å². The predicted octanol–water partition coefficient (Wildman–Crippen LogP) is 5.06. The van der Waals surface area contributed by atoms with Crippen LogP contribution in [0, 0.1) is 39.4 Å². The van der Waals surface area contributed by atoms with E-state index in [1.54, 1.807) is 23.1 Å². The van der Waals surface area contributed by atoms with Gasteiger partial charge < -0.3 is 10.1 Å². The van der Waals surface area contributed by atoms with E-state index in [1.165, 1.54) is 17.0 Å². The number of amides is 2. The molecule has 2 bridgehead atoms. The quantitative estimate of drug-likeness (QED) is 0.294. The smallest absolute Gasteiger partial charge is 0.303 e. The number of benzene rings is 1. The van der Waals surface area contributed by atoms with Crippen LogP contribution in [0.2, 0.25) is 0 Å². The number of thiazole rings is 1. The second-order valence-corrected chi connectivity index (χ2v) is 13.0. The van der Waals surface area contributed by atoms with E-state index in [2.05, 4.69) is 4.98 Å². The minimum absolute atomic E-state index is 0.0266. The van der Waals surface area contributed by atoms with E-state index in [0.29, 0.717) is 29.8 Å². The maximum absolute atomic E-state index is 13.7. The summed E-state index contributed by atoms with van der Waals surface area (Å²) in [6.45, 7) is 0.369. The molecule has 10 heteroatoms. The number of unbranched alkanes of at least 4 members (excludes halogenated alkanes) is 2. The fraction of sp³-hybridized carbons (Fsp3) is 0.520. The maximum atomic E-state index is 13.7. The molecule has 2 aliphatic heterocycles. The standard InChI is InChI=1S/C25H25FN2O4S3/c26-12-7-5-11(6-8-12)16-17-13-10-14(20(17)34-22-21(16)35-25(33)27-22)19-18(13)23(31)28(24(19)32)9-3-1-2-4-15(29)30/h5-8,13-14,16-20H,1-4,9-10H2,(H,27,33)(H,29,30). The topological polar surface area (TPSA) is 90.5 Å². The number of imide groups is 1. The van der Waals surface area contributed by atoms with Crippen LogP contribution in [0.5, 0.6) is 0 Å². The number of nitrogens with one attached hydrogen (secondary N) is 1. The third kappa shape index (κ3) is 3.71. The van der Waals surface area contributed by atoms with E-state index in [4.69, 9.17) is 17.3 Å². The van der Waals surface area contributed by atoms with Gasteiger partial charge in [0.05, 0.1) is 16.9 Å². The van der Waals surface area contributed by atoms with Gasteiger partial charge in [0.15, 0.2) is 3.95 Å². The maximum Gasteiger partial charge on any atom is 0.303 e. The Morgan fingerprint density at radius 2 is 1.83 bits per heavy atom. The molecular formula is C25H25FN2O4S3. The number of carboxylic acid groups (broad SMARTS) is 1. The van der Waals surface area contributed by atoms with Crippen molar-refractivity contribution in [3.05, 3.63) is 44.5 Å². The molecule has 6 nitrogen and oxygen atoms in total. The SMILES string of the molecule is O=C(O)CCCCCN1C(=O)C2C3CC(C2C1=O)C1C(c2ccc(F)cc2)c2sc(=S)[nH]c2SC31. The number of aromatic amines is 1. The van der Waals surface area contributed by atoms with Crippen molar-refractivity contribution in [2.45, 2.75) is 48.3 Å². The molecule has 2 amide bonds. The van der Waals surface area contributed by atoms with Crippen LogP contribution in [0.15, 0.2) is 29.3 Å². The number of hydrogen-bond donors (Lipinski definition) is 2. The van der Waals surface area contributed by atoms with E-state index in [9.17, 15) is 18.8 Å². The molecule has 2 aliphatic carbocycles. The van der Waals surface area contributed by atoms with E-state index in [1.807, 2.05) is 12.1 Å². The Morgan fingerprint density at radius 3 is 2.54 bits per heavy atom. The van der Waals surface area contributed by atoms with E-state index >= 15 is 0 Å². The van der Waals surface area contributed by atoms with Gasteiger partial charge in [-0.3, -0.25) is 19.3 Å². The number of aliphatic carboxylic acids is 1. The average Bonchev–Trinajstić information content (AvgIpc) is 3.54. The van der Waals surface area contributed by atoms with Gasteiger partial charge in [-0.2, -0.15) is 0 Å². The highest BCUT2D eigenvalue weighted by atomic mass is 32.2. The van der Waals surface area contributed by atoms with Crippen LogP contribution >= 0.6 is 35.3 Å². The van der Waals surface area contributed by atoms with Crippen molar-refractivity contribution in [3.63, 3.8) is 0 Å². The molecule has 4 aliphatic rings. The van der Waals surface area contributed by atoms with Crippen LogP contribution < -0.4 is 0 Å². The fourth-order valence-electron chi connectivity index (χ4n) is 7.07. The molecular weight excluding hydrogens is 507 g/mol. The molecule has 2 N–H and O–H groups in total. The number of carboxylic acids is 1. The number of aromatic nitrogens is 1. The molecule has 6 rings (SSSR count). The van der Waals surface area contributed by atoms with Crippen molar-refractivity contribution in [3.8, 4) is 0 Å². The number of likely N-dealkylation sites (tertiary alicyclic amines) is 1. The summed E-state index contributed by atoms with van der Waals surface area (Å²) in [6.07, 6.45) is 2.84. The average molecular weight is 533 g/mol. The number of rotatable bonds is 7. The van der Waals surface area contributed by atoms with Gasteiger partial charge in [0.2, 0.25) is 11.8 Å². The summed E-state index contributed by atoms with van der Waals surface area (Å²) >= 11 is 8.79. The van der Waals surface area contributed by atoms with E-state index in [-0.39, 0.29) is 64.8 Å². The second-order valence-electron chi connectivity index (χ2n) is 10.0.